The highest BCUT2D eigenvalue weighted by atomic mass is 35.7. The lowest BCUT2D eigenvalue weighted by Crippen LogP contribution is -2.06. The van der Waals surface area contributed by atoms with Gasteiger partial charge in [-0.3, -0.25) is 0 Å². The van der Waals surface area contributed by atoms with Gasteiger partial charge in [0.25, 0.3) is 9.05 Å². The van der Waals surface area contributed by atoms with Gasteiger partial charge in [0, 0.05) is 10.7 Å². The highest BCUT2D eigenvalue weighted by Gasteiger charge is 2.26. The van der Waals surface area contributed by atoms with Gasteiger partial charge < -0.3 is 0 Å². The minimum absolute atomic E-state index is 0.0310. The van der Waals surface area contributed by atoms with Gasteiger partial charge in [0.05, 0.1) is 11.4 Å². The number of hydrogen-bond donors (Lipinski definition) is 0. The van der Waals surface area contributed by atoms with E-state index in [0.29, 0.717) is 11.4 Å². The molecule has 98 valence electrons. The molecule has 0 unspecified atom stereocenters. The molecule has 0 aliphatic carbocycles. The largest absolute Gasteiger partial charge is 0.280 e. The van der Waals surface area contributed by atoms with Gasteiger partial charge in [-0.25, -0.2) is 13.1 Å². The SMILES string of the molecule is Cc1cccc(-n2nc(C)c(C#N)c2S(=O)(=O)Cl)c1. The molecule has 0 saturated heterocycles. The lowest BCUT2D eigenvalue weighted by molar-refractivity contribution is 0.599. The maximum absolute atomic E-state index is 11.7. The molecule has 1 aromatic carbocycles. The first-order chi connectivity index (χ1) is 8.84. The van der Waals surface area contributed by atoms with E-state index in [0.717, 1.165) is 5.56 Å². The molecule has 0 bridgehead atoms. The summed E-state index contributed by atoms with van der Waals surface area (Å²) in [7, 11) is 1.34. The lowest BCUT2D eigenvalue weighted by atomic mass is 10.2. The Labute approximate surface area is 115 Å². The fourth-order valence-corrected chi connectivity index (χ4v) is 3.01. The average Bonchev–Trinajstić information content (AvgIpc) is 2.66. The number of halogens is 1. The Hall–Kier alpha value is -1.84. The van der Waals surface area contributed by atoms with E-state index in [1.54, 1.807) is 25.1 Å². The van der Waals surface area contributed by atoms with Crippen molar-refractivity contribution in [3.8, 4) is 11.8 Å². The summed E-state index contributed by atoms with van der Waals surface area (Å²) in [5.41, 5.74) is 1.78. The van der Waals surface area contributed by atoms with E-state index in [-0.39, 0.29) is 10.6 Å². The van der Waals surface area contributed by atoms with Crippen LogP contribution in [0.5, 0.6) is 0 Å². The van der Waals surface area contributed by atoms with Gasteiger partial charge in [0.1, 0.15) is 11.6 Å². The van der Waals surface area contributed by atoms with Crippen LogP contribution < -0.4 is 0 Å². The molecule has 1 heterocycles. The molecule has 19 heavy (non-hydrogen) atoms. The number of nitriles is 1. The normalized spacial score (nSPS) is 11.3. The number of aromatic nitrogens is 2. The summed E-state index contributed by atoms with van der Waals surface area (Å²) in [4.78, 5) is 0. The molecular formula is C12H10ClN3O2S. The van der Waals surface area contributed by atoms with Crippen LogP contribution >= 0.6 is 10.7 Å². The summed E-state index contributed by atoms with van der Waals surface area (Å²) in [6, 6.07) is 8.94. The maximum atomic E-state index is 11.7. The van der Waals surface area contributed by atoms with Gasteiger partial charge in [-0.1, -0.05) is 12.1 Å². The van der Waals surface area contributed by atoms with Crippen molar-refractivity contribution in [2.24, 2.45) is 0 Å². The Morgan fingerprint density at radius 2 is 2.05 bits per heavy atom. The summed E-state index contributed by atoms with van der Waals surface area (Å²) in [6.07, 6.45) is 0. The Bertz CT molecular complexity index is 788. The maximum Gasteiger partial charge on any atom is 0.280 e. The minimum Gasteiger partial charge on any atom is -0.219 e. The first-order valence-electron chi connectivity index (χ1n) is 5.36. The molecule has 0 atom stereocenters. The van der Waals surface area contributed by atoms with Crippen molar-refractivity contribution in [2.45, 2.75) is 18.9 Å². The standard InChI is InChI=1S/C12H10ClN3O2S/c1-8-4-3-5-10(6-8)16-12(19(13,17)18)11(7-14)9(2)15-16/h3-6H,1-2H3. The zero-order valence-corrected chi connectivity index (χ0v) is 11.8. The summed E-state index contributed by atoms with van der Waals surface area (Å²) in [5.74, 6) is 0. The Balaban J connectivity index is 2.83. The van der Waals surface area contributed by atoms with Gasteiger partial charge >= 0.3 is 0 Å². The number of benzene rings is 1. The van der Waals surface area contributed by atoms with Crippen molar-refractivity contribution in [2.75, 3.05) is 0 Å². The van der Waals surface area contributed by atoms with Crippen molar-refractivity contribution in [3.63, 3.8) is 0 Å². The van der Waals surface area contributed by atoms with Crippen LogP contribution in [0.4, 0.5) is 0 Å². The quantitative estimate of drug-likeness (QED) is 0.797. The molecular weight excluding hydrogens is 286 g/mol. The van der Waals surface area contributed by atoms with Crippen molar-refractivity contribution < 1.29 is 8.42 Å². The zero-order chi connectivity index (χ0) is 14.2. The zero-order valence-electron chi connectivity index (χ0n) is 10.3. The number of nitrogens with zero attached hydrogens (tertiary/aromatic N) is 3. The molecule has 0 amide bonds. The summed E-state index contributed by atoms with van der Waals surface area (Å²) in [6.45, 7) is 3.44. The molecule has 1 aromatic heterocycles. The van der Waals surface area contributed by atoms with E-state index >= 15 is 0 Å². The molecule has 5 nitrogen and oxygen atoms in total. The van der Waals surface area contributed by atoms with Crippen LogP contribution in [-0.4, -0.2) is 18.2 Å². The van der Waals surface area contributed by atoms with Crippen LogP contribution in [0, 0.1) is 25.2 Å². The molecule has 0 aliphatic rings. The highest BCUT2D eigenvalue weighted by molar-refractivity contribution is 8.13. The van der Waals surface area contributed by atoms with E-state index in [1.807, 2.05) is 19.1 Å². The van der Waals surface area contributed by atoms with E-state index in [1.165, 1.54) is 4.68 Å². The van der Waals surface area contributed by atoms with E-state index in [4.69, 9.17) is 15.9 Å². The number of rotatable bonds is 2. The minimum atomic E-state index is -4.07. The molecule has 0 aliphatic heterocycles. The van der Waals surface area contributed by atoms with Gasteiger partial charge in [-0.15, -0.1) is 0 Å². The smallest absolute Gasteiger partial charge is 0.219 e. The van der Waals surface area contributed by atoms with Crippen LogP contribution in [-0.2, 0) is 9.05 Å². The van der Waals surface area contributed by atoms with Crippen molar-refractivity contribution >= 4 is 19.7 Å². The van der Waals surface area contributed by atoms with Crippen molar-refractivity contribution in [1.29, 1.82) is 5.26 Å². The van der Waals surface area contributed by atoms with Gasteiger partial charge in [0.15, 0.2) is 5.03 Å². The second-order valence-corrected chi connectivity index (χ2v) is 6.55. The fraction of sp³-hybridized carbons (Fsp3) is 0.167. The molecule has 7 heteroatoms. The summed E-state index contributed by atoms with van der Waals surface area (Å²) < 4.78 is 24.5. The third kappa shape index (κ3) is 2.48. The number of aryl methyl sites for hydroxylation is 2. The van der Waals surface area contributed by atoms with Gasteiger partial charge in [-0.05, 0) is 31.5 Å². The lowest BCUT2D eigenvalue weighted by Gasteiger charge is -2.05. The fourth-order valence-electron chi connectivity index (χ4n) is 1.79. The summed E-state index contributed by atoms with van der Waals surface area (Å²) >= 11 is 0. The second kappa shape index (κ2) is 4.68. The number of hydrogen-bond acceptors (Lipinski definition) is 4. The molecule has 2 rings (SSSR count). The first-order valence-corrected chi connectivity index (χ1v) is 7.67. The highest BCUT2D eigenvalue weighted by Crippen LogP contribution is 2.25. The average molecular weight is 296 g/mol. The topological polar surface area (TPSA) is 75.8 Å². The molecule has 2 aromatic rings. The molecule has 0 N–H and O–H groups in total. The van der Waals surface area contributed by atoms with Crippen LogP contribution in [0.15, 0.2) is 29.3 Å². The predicted molar refractivity (Wildman–Crippen MR) is 70.8 cm³/mol. The Morgan fingerprint density at radius 1 is 1.37 bits per heavy atom. The first kappa shape index (κ1) is 13.6. The molecule has 0 fully saturated rings. The van der Waals surface area contributed by atoms with Gasteiger partial charge in [-0.2, -0.15) is 10.4 Å². The Kier molecular flexibility index (Phi) is 3.35. The van der Waals surface area contributed by atoms with Crippen LogP contribution in [0.25, 0.3) is 5.69 Å². The van der Waals surface area contributed by atoms with Gasteiger partial charge in [0.2, 0.25) is 0 Å². The molecule has 0 spiro atoms. The van der Waals surface area contributed by atoms with Crippen LogP contribution in [0.3, 0.4) is 0 Å². The second-order valence-electron chi connectivity index (χ2n) is 4.07. The third-order valence-corrected chi connectivity index (χ3v) is 3.88. The monoisotopic (exact) mass is 295 g/mol. The molecule has 0 saturated carbocycles. The third-order valence-electron chi connectivity index (χ3n) is 2.61. The van der Waals surface area contributed by atoms with E-state index in [2.05, 4.69) is 5.10 Å². The van der Waals surface area contributed by atoms with E-state index in [9.17, 15) is 8.42 Å². The Morgan fingerprint density at radius 3 is 2.58 bits per heavy atom. The van der Waals surface area contributed by atoms with Crippen LogP contribution in [0.1, 0.15) is 16.8 Å². The summed E-state index contributed by atoms with van der Waals surface area (Å²) in [5, 5.41) is 12.8. The molecule has 0 radical (unpaired) electrons. The van der Waals surface area contributed by atoms with E-state index < -0.39 is 9.05 Å². The van der Waals surface area contributed by atoms with Crippen LogP contribution in [0.2, 0.25) is 0 Å². The predicted octanol–water partition coefficient (Wildman–Crippen LogP) is 2.29. The van der Waals surface area contributed by atoms with Crippen molar-refractivity contribution in [3.05, 3.63) is 41.1 Å². The van der Waals surface area contributed by atoms with Crippen molar-refractivity contribution in [1.82, 2.24) is 9.78 Å².